The van der Waals surface area contributed by atoms with Crippen molar-refractivity contribution in [3.8, 4) is 0 Å². The summed E-state index contributed by atoms with van der Waals surface area (Å²) < 4.78 is 0.603. The number of aliphatic hydroxyl groups excluding tert-OH is 1. The van der Waals surface area contributed by atoms with E-state index in [-0.39, 0.29) is 30.9 Å². The van der Waals surface area contributed by atoms with Crippen LogP contribution in [-0.4, -0.2) is 46.8 Å². The van der Waals surface area contributed by atoms with E-state index >= 15 is 0 Å². The Morgan fingerprint density at radius 1 is 1.45 bits per heavy atom. The number of carboxylic acid groups (broad SMARTS) is 1. The van der Waals surface area contributed by atoms with E-state index in [0.29, 0.717) is 4.47 Å². The number of urea groups is 1. The van der Waals surface area contributed by atoms with Crippen LogP contribution in [0.2, 0.25) is 0 Å². The third kappa shape index (κ3) is 4.36. The molecule has 2 amide bonds. The van der Waals surface area contributed by atoms with Crippen molar-refractivity contribution >= 4 is 33.6 Å². The molecule has 1 aromatic carbocycles. The van der Waals surface area contributed by atoms with Crippen LogP contribution in [0.1, 0.15) is 10.4 Å². The van der Waals surface area contributed by atoms with Gasteiger partial charge in [0.05, 0.1) is 17.9 Å². The van der Waals surface area contributed by atoms with Crippen LogP contribution in [0.25, 0.3) is 0 Å². The molecule has 0 atom stereocenters. The number of carbonyl (C=O) groups is 2. The summed E-state index contributed by atoms with van der Waals surface area (Å²) in [5.41, 5.74) is 0.174. The van der Waals surface area contributed by atoms with Gasteiger partial charge in [0.2, 0.25) is 0 Å². The number of aliphatic hydroxyl groups is 1. The number of benzene rings is 1. The van der Waals surface area contributed by atoms with Crippen molar-refractivity contribution in [2.75, 3.05) is 25.0 Å². The summed E-state index contributed by atoms with van der Waals surface area (Å²) in [5, 5.41) is 20.5. The molecule has 0 aliphatic rings. The van der Waals surface area contributed by atoms with Gasteiger partial charge in [0.25, 0.3) is 0 Å². The zero-order chi connectivity index (χ0) is 15.1. The highest BCUT2D eigenvalue weighted by atomic mass is 79.9. The second-order valence-electron chi connectivity index (χ2n) is 3.88. The molecule has 108 valence electrons. The fourth-order valence-electron chi connectivity index (χ4n) is 1.55. The molecule has 0 spiro atoms. The molecule has 0 fully saturated rings. The lowest BCUT2D eigenvalue weighted by Gasteiger charge is -2.21. The largest absolute Gasteiger partial charge is 0.478 e. The first-order valence-corrected chi connectivity index (χ1v) is 6.59. The Bertz CT molecular complexity index is 519. The van der Waals surface area contributed by atoms with Gasteiger partial charge >= 0.3 is 12.0 Å². The van der Waals surface area contributed by atoms with Gasteiger partial charge in [-0.2, -0.15) is 0 Å². The molecule has 0 radical (unpaired) electrons. The molecule has 0 saturated carbocycles. The van der Waals surface area contributed by atoms with E-state index in [1.807, 2.05) is 0 Å². The fourth-order valence-corrected chi connectivity index (χ4v) is 1.91. The van der Waals surface area contributed by atoms with E-state index < -0.39 is 12.0 Å². The van der Waals surface area contributed by atoms with E-state index in [1.54, 1.807) is 6.07 Å². The lowest BCUT2D eigenvalue weighted by molar-refractivity contribution is 0.0698. The number of anilines is 1. The van der Waals surface area contributed by atoms with Gasteiger partial charge in [0, 0.05) is 17.6 Å². The average molecular weight is 343 g/mol. The molecule has 20 heavy (non-hydrogen) atoms. The van der Waals surface area contributed by atoms with Gasteiger partial charge in [-0.15, -0.1) is 6.58 Å². The molecule has 0 aliphatic carbocycles. The van der Waals surface area contributed by atoms with Gasteiger partial charge < -0.3 is 20.4 Å². The lowest BCUT2D eigenvalue weighted by atomic mass is 10.2. The predicted octanol–water partition coefficient (Wildman–Crippen LogP) is 2.16. The molecular weight excluding hydrogens is 328 g/mol. The molecule has 6 nitrogen and oxygen atoms in total. The van der Waals surface area contributed by atoms with E-state index in [0.717, 1.165) is 0 Å². The first-order valence-electron chi connectivity index (χ1n) is 5.80. The van der Waals surface area contributed by atoms with E-state index in [2.05, 4.69) is 27.8 Å². The normalized spacial score (nSPS) is 9.90. The van der Waals surface area contributed by atoms with Crippen LogP contribution in [0, 0.1) is 0 Å². The molecule has 0 aliphatic heterocycles. The quantitative estimate of drug-likeness (QED) is 0.691. The summed E-state index contributed by atoms with van der Waals surface area (Å²) in [4.78, 5) is 24.5. The third-order valence-electron chi connectivity index (χ3n) is 2.46. The number of nitrogens with zero attached hydrogens (tertiary/aromatic N) is 1. The number of amides is 2. The summed E-state index contributed by atoms with van der Waals surface area (Å²) in [7, 11) is 0. The highest BCUT2D eigenvalue weighted by Crippen LogP contribution is 2.21. The Balaban J connectivity index is 2.94. The van der Waals surface area contributed by atoms with Crippen molar-refractivity contribution in [3.63, 3.8) is 0 Å². The van der Waals surface area contributed by atoms with Crippen LogP contribution in [-0.2, 0) is 0 Å². The van der Waals surface area contributed by atoms with Crippen molar-refractivity contribution < 1.29 is 19.8 Å². The van der Waals surface area contributed by atoms with Crippen molar-refractivity contribution in [1.29, 1.82) is 0 Å². The smallest absolute Gasteiger partial charge is 0.337 e. The highest BCUT2D eigenvalue weighted by Gasteiger charge is 2.16. The molecule has 7 heteroatoms. The van der Waals surface area contributed by atoms with Crippen LogP contribution < -0.4 is 5.32 Å². The zero-order valence-electron chi connectivity index (χ0n) is 10.7. The average Bonchev–Trinajstić information content (AvgIpc) is 2.40. The number of carbonyl (C=O) groups excluding carboxylic acids is 1. The number of rotatable bonds is 6. The second kappa shape index (κ2) is 7.66. The van der Waals surface area contributed by atoms with E-state index in [1.165, 1.54) is 23.1 Å². The van der Waals surface area contributed by atoms with Gasteiger partial charge in [-0.05, 0) is 18.2 Å². The Hall–Kier alpha value is -1.86. The summed E-state index contributed by atoms with van der Waals surface area (Å²) in [6, 6.07) is 4.04. The number of halogens is 1. The summed E-state index contributed by atoms with van der Waals surface area (Å²) in [5.74, 6) is -1.14. The van der Waals surface area contributed by atoms with Crippen molar-refractivity contribution in [2.24, 2.45) is 0 Å². The molecule has 1 rings (SSSR count). The fraction of sp³-hybridized carbons (Fsp3) is 0.231. The Morgan fingerprint density at radius 2 is 2.15 bits per heavy atom. The number of hydrogen-bond acceptors (Lipinski definition) is 3. The predicted molar refractivity (Wildman–Crippen MR) is 79.0 cm³/mol. The minimum absolute atomic E-state index is 0.0183. The summed E-state index contributed by atoms with van der Waals surface area (Å²) in [6.45, 7) is 3.73. The van der Waals surface area contributed by atoms with Gasteiger partial charge in [-0.25, -0.2) is 9.59 Å². The van der Waals surface area contributed by atoms with E-state index in [9.17, 15) is 9.59 Å². The zero-order valence-corrected chi connectivity index (χ0v) is 12.3. The van der Waals surface area contributed by atoms with E-state index in [4.69, 9.17) is 10.2 Å². The first kappa shape index (κ1) is 16.2. The first-order chi connectivity index (χ1) is 9.49. The van der Waals surface area contributed by atoms with Crippen LogP contribution in [0.15, 0.2) is 35.3 Å². The molecule has 0 unspecified atom stereocenters. The summed E-state index contributed by atoms with van der Waals surface area (Å²) in [6.07, 6.45) is 1.52. The van der Waals surface area contributed by atoms with Crippen LogP contribution in [0.3, 0.4) is 0 Å². The number of nitrogens with one attached hydrogen (secondary N) is 1. The second-order valence-corrected chi connectivity index (χ2v) is 4.80. The number of carboxylic acids is 1. The summed E-state index contributed by atoms with van der Waals surface area (Å²) >= 11 is 3.18. The molecule has 0 heterocycles. The Labute approximate surface area is 124 Å². The minimum Gasteiger partial charge on any atom is -0.478 e. The maximum atomic E-state index is 12.0. The number of hydrogen-bond donors (Lipinski definition) is 3. The molecule has 1 aromatic rings. The van der Waals surface area contributed by atoms with Crippen LogP contribution in [0.5, 0.6) is 0 Å². The van der Waals surface area contributed by atoms with Crippen molar-refractivity contribution in [1.82, 2.24) is 4.90 Å². The Kier molecular flexibility index (Phi) is 6.20. The third-order valence-corrected chi connectivity index (χ3v) is 2.95. The topological polar surface area (TPSA) is 89.9 Å². The molecular formula is C13H15BrN2O4. The highest BCUT2D eigenvalue weighted by molar-refractivity contribution is 9.10. The maximum Gasteiger partial charge on any atom is 0.337 e. The lowest BCUT2D eigenvalue weighted by Crippen LogP contribution is -2.37. The van der Waals surface area contributed by atoms with Gasteiger partial charge in [0.1, 0.15) is 0 Å². The minimum atomic E-state index is -1.14. The SMILES string of the molecule is C=CCN(CCO)C(=O)Nc1ccc(Br)cc1C(=O)O. The van der Waals surface area contributed by atoms with Crippen LogP contribution >= 0.6 is 15.9 Å². The standard InChI is InChI=1S/C13H15BrN2O4/c1-2-5-16(6-7-17)13(20)15-11-4-3-9(14)8-10(11)12(18)19/h2-4,8,17H,1,5-7H2,(H,15,20)(H,18,19). The number of aromatic carboxylic acids is 1. The van der Waals surface area contributed by atoms with Gasteiger partial charge in [-0.3, -0.25) is 0 Å². The monoisotopic (exact) mass is 342 g/mol. The Morgan fingerprint density at radius 3 is 2.70 bits per heavy atom. The van der Waals surface area contributed by atoms with Crippen LogP contribution in [0.4, 0.5) is 10.5 Å². The van der Waals surface area contributed by atoms with Gasteiger partial charge in [0.15, 0.2) is 0 Å². The molecule has 0 bridgehead atoms. The maximum absolute atomic E-state index is 12.0. The van der Waals surface area contributed by atoms with Crippen molar-refractivity contribution in [3.05, 3.63) is 40.9 Å². The molecule has 0 aromatic heterocycles. The molecule has 3 N–H and O–H groups in total. The van der Waals surface area contributed by atoms with Gasteiger partial charge in [-0.1, -0.05) is 22.0 Å². The molecule has 0 saturated heterocycles. The van der Waals surface area contributed by atoms with Crippen molar-refractivity contribution in [2.45, 2.75) is 0 Å².